The summed E-state index contributed by atoms with van der Waals surface area (Å²) in [7, 11) is 0. The van der Waals surface area contributed by atoms with Gasteiger partial charge in [-0.25, -0.2) is 0 Å². The molecule has 0 saturated heterocycles. The lowest BCUT2D eigenvalue weighted by Crippen LogP contribution is -2.24. The van der Waals surface area contributed by atoms with E-state index in [0.717, 1.165) is 37.4 Å². The van der Waals surface area contributed by atoms with Gasteiger partial charge < -0.3 is 10.1 Å². The second-order valence-electron chi connectivity index (χ2n) is 5.25. The van der Waals surface area contributed by atoms with Crippen LogP contribution >= 0.6 is 11.6 Å². The van der Waals surface area contributed by atoms with Crippen molar-refractivity contribution in [2.24, 2.45) is 0 Å². The topological polar surface area (TPSA) is 34.1 Å². The quantitative estimate of drug-likeness (QED) is 0.913. The second kappa shape index (κ2) is 6.46. The van der Waals surface area contributed by atoms with Gasteiger partial charge in [0.1, 0.15) is 5.75 Å². The molecule has 1 unspecified atom stereocenters. The van der Waals surface area contributed by atoms with E-state index >= 15 is 0 Å². The minimum absolute atomic E-state index is 0.0908. The van der Waals surface area contributed by atoms with Crippen LogP contribution in [0.4, 0.5) is 0 Å². The molecule has 4 heteroatoms. The molecule has 0 radical (unpaired) electrons. The van der Waals surface area contributed by atoms with Gasteiger partial charge in [-0.1, -0.05) is 30.7 Å². The molecule has 2 heterocycles. The molecule has 0 fully saturated rings. The molecule has 21 heavy (non-hydrogen) atoms. The van der Waals surface area contributed by atoms with Crippen molar-refractivity contribution in [1.82, 2.24) is 10.3 Å². The molecule has 1 aliphatic heterocycles. The molecule has 0 aliphatic carbocycles. The third-order valence-corrected chi connectivity index (χ3v) is 3.91. The molecule has 1 aliphatic rings. The molecule has 110 valence electrons. The highest BCUT2D eigenvalue weighted by atomic mass is 35.5. The summed E-state index contributed by atoms with van der Waals surface area (Å²) in [5.74, 6) is 1.01. The van der Waals surface area contributed by atoms with Crippen molar-refractivity contribution >= 4 is 11.6 Å². The number of pyridine rings is 1. The molecule has 3 rings (SSSR count). The first-order valence-electron chi connectivity index (χ1n) is 7.38. The van der Waals surface area contributed by atoms with Crippen LogP contribution in [0.2, 0.25) is 5.02 Å². The van der Waals surface area contributed by atoms with Crippen LogP contribution in [-0.4, -0.2) is 18.1 Å². The maximum atomic E-state index is 5.94. The maximum absolute atomic E-state index is 5.94. The SMILES string of the molecule is CCCNC(c1ccc2c(c1)CCO2)c1ccc(Cl)cn1. The number of rotatable bonds is 5. The third kappa shape index (κ3) is 3.20. The van der Waals surface area contributed by atoms with Crippen LogP contribution in [0, 0.1) is 0 Å². The van der Waals surface area contributed by atoms with Crippen molar-refractivity contribution in [2.75, 3.05) is 13.2 Å². The summed E-state index contributed by atoms with van der Waals surface area (Å²) in [4.78, 5) is 4.48. The van der Waals surface area contributed by atoms with Crippen molar-refractivity contribution in [3.05, 3.63) is 58.4 Å². The van der Waals surface area contributed by atoms with E-state index in [-0.39, 0.29) is 6.04 Å². The molecular weight excluding hydrogens is 284 g/mol. The van der Waals surface area contributed by atoms with Crippen LogP contribution < -0.4 is 10.1 Å². The van der Waals surface area contributed by atoms with Gasteiger partial charge in [0, 0.05) is 12.6 Å². The van der Waals surface area contributed by atoms with Crippen molar-refractivity contribution in [1.29, 1.82) is 0 Å². The smallest absolute Gasteiger partial charge is 0.122 e. The maximum Gasteiger partial charge on any atom is 0.122 e. The van der Waals surface area contributed by atoms with E-state index in [9.17, 15) is 0 Å². The summed E-state index contributed by atoms with van der Waals surface area (Å²) in [6, 6.07) is 10.4. The molecule has 0 spiro atoms. The zero-order chi connectivity index (χ0) is 14.7. The summed E-state index contributed by atoms with van der Waals surface area (Å²) in [6.45, 7) is 3.89. The molecule has 0 bridgehead atoms. The van der Waals surface area contributed by atoms with Crippen LogP contribution in [0.25, 0.3) is 0 Å². The molecular formula is C17H19ClN2O. The zero-order valence-corrected chi connectivity index (χ0v) is 12.9. The Bertz CT molecular complexity index is 613. The Morgan fingerprint density at radius 1 is 1.33 bits per heavy atom. The van der Waals surface area contributed by atoms with Crippen molar-refractivity contribution in [3.8, 4) is 5.75 Å². The van der Waals surface area contributed by atoms with E-state index < -0.39 is 0 Å². The molecule has 0 amide bonds. The average Bonchev–Trinajstić information content (AvgIpc) is 2.97. The van der Waals surface area contributed by atoms with Crippen LogP contribution in [0.1, 0.15) is 36.2 Å². The second-order valence-corrected chi connectivity index (χ2v) is 5.69. The van der Waals surface area contributed by atoms with Gasteiger partial charge in [-0.15, -0.1) is 0 Å². The van der Waals surface area contributed by atoms with E-state index in [0.29, 0.717) is 5.02 Å². The number of halogens is 1. The van der Waals surface area contributed by atoms with Gasteiger partial charge >= 0.3 is 0 Å². The van der Waals surface area contributed by atoms with Gasteiger partial charge in [-0.05, 0) is 42.3 Å². The van der Waals surface area contributed by atoms with Crippen LogP contribution in [0.5, 0.6) is 5.75 Å². The first kappa shape index (κ1) is 14.4. The average molecular weight is 303 g/mol. The molecule has 0 saturated carbocycles. The summed E-state index contributed by atoms with van der Waals surface area (Å²) in [5, 5.41) is 4.23. The third-order valence-electron chi connectivity index (χ3n) is 3.69. The first-order valence-corrected chi connectivity index (χ1v) is 7.76. The van der Waals surface area contributed by atoms with E-state index in [2.05, 4.69) is 35.4 Å². The fourth-order valence-corrected chi connectivity index (χ4v) is 2.74. The molecule has 1 atom stereocenters. The number of benzene rings is 1. The Balaban J connectivity index is 1.93. The number of nitrogens with zero attached hydrogens (tertiary/aromatic N) is 1. The largest absolute Gasteiger partial charge is 0.493 e. The highest BCUT2D eigenvalue weighted by Crippen LogP contribution is 2.30. The number of aromatic nitrogens is 1. The van der Waals surface area contributed by atoms with Crippen LogP contribution in [-0.2, 0) is 6.42 Å². The number of hydrogen-bond acceptors (Lipinski definition) is 3. The molecule has 2 aromatic rings. The summed E-state index contributed by atoms with van der Waals surface area (Å²) >= 11 is 5.94. The predicted octanol–water partition coefficient (Wildman–Crippen LogP) is 3.76. The Labute approximate surface area is 130 Å². The minimum atomic E-state index is 0.0908. The van der Waals surface area contributed by atoms with E-state index in [1.165, 1.54) is 11.1 Å². The lowest BCUT2D eigenvalue weighted by atomic mass is 9.99. The van der Waals surface area contributed by atoms with Crippen LogP contribution in [0.3, 0.4) is 0 Å². The molecule has 3 nitrogen and oxygen atoms in total. The van der Waals surface area contributed by atoms with Gasteiger partial charge in [0.15, 0.2) is 0 Å². The molecule has 1 aromatic heterocycles. The Kier molecular flexibility index (Phi) is 4.42. The van der Waals surface area contributed by atoms with Crippen molar-refractivity contribution in [2.45, 2.75) is 25.8 Å². The van der Waals surface area contributed by atoms with E-state index in [4.69, 9.17) is 16.3 Å². The lowest BCUT2D eigenvalue weighted by Gasteiger charge is -2.19. The van der Waals surface area contributed by atoms with E-state index in [1.54, 1.807) is 6.20 Å². The Morgan fingerprint density at radius 2 is 2.24 bits per heavy atom. The van der Waals surface area contributed by atoms with Gasteiger partial charge in [-0.2, -0.15) is 0 Å². The summed E-state index contributed by atoms with van der Waals surface area (Å²) in [5.41, 5.74) is 3.50. The first-order chi connectivity index (χ1) is 10.3. The van der Waals surface area contributed by atoms with Gasteiger partial charge in [-0.3, -0.25) is 4.98 Å². The fraction of sp³-hybridized carbons (Fsp3) is 0.353. The standard InChI is InChI=1S/C17H19ClN2O/c1-2-8-19-17(15-5-4-14(18)11-20-15)13-3-6-16-12(10-13)7-9-21-16/h3-6,10-11,17,19H,2,7-9H2,1H3. The van der Waals surface area contributed by atoms with Gasteiger partial charge in [0.25, 0.3) is 0 Å². The lowest BCUT2D eigenvalue weighted by molar-refractivity contribution is 0.357. The zero-order valence-electron chi connectivity index (χ0n) is 12.1. The fourth-order valence-electron chi connectivity index (χ4n) is 2.63. The number of nitrogens with one attached hydrogen (secondary N) is 1. The highest BCUT2D eigenvalue weighted by Gasteiger charge is 2.18. The summed E-state index contributed by atoms with van der Waals surface area (Å²) in [6.07, 6.45) is 3.77. The molecule has 1 N–H and O–H groups in total. The van der Waals surface area contributed by atoms with Gasteiger partial charge in [0.2, 0.25) is 0 Å². The number of ether oxygens (including phenoxy) is 1. The Morgan fingerprint density at radius 3 is 3.00 bits per heavy atom. The highest BCUT2D eigenvalue weighted by molar-refractivity contribution is 6.30. The monoisotopic (exact) mass is 302 g/mol. The van der Waals surface area contributed by atoms with Gasteiger partial charge in [0.05, 0.1) is 23.4 Å². The normalized spacial score (nSPS) is 14.6. The number of hydrogen-bond donors (Lipinski definition) is 1. The van der Waals surface area contributed by atoms with Crippen molar-refractivity contribution < 1.29 is 4.74 Å². The van der Waals surface area contributed by atoms with E-state index in [1.807, 2.05) is 12.1 Å². The van der Waals surface area contributed by atoms with Crippen LogP contribution in [0.15, 0.2) is 36.5 Å². The minimum Gasteiger partial charge on any atom is -0.493 e. The predicted molar refractivity (Wildman–Crippen MR) is 85.0 cm³/mol. The van der Waals surface area contributed by atoms with Crippen molar-refractivity contribution in [3.63, 3.8) is 0 Å². The molecule has 1 aromatic carbocycles. The summed E-state index contributed by atoms with van der Waals surface area (Å²) < 4.78 is 5.58. The Hall–Kier alpha value is -1.58. The number of fused-ring (bicyclic) bond motifs is 1.